The second-order valence-corrected chi connectivity index (χ2v) is 4.89. The molecule has 5 heteroatoms. The molecule has 0 saturated heterocycles. The molecule has 2 N–H and O–H groups in total. The van der Waals surface area contributed by atoms with E-state index in [-0.39, 0.29) is 11.9 Å². The van der Waals surface area contributed by atoms with Crippen molar-refractivity contribution in [3.8, 4) is 6.07 Å². The first-order valence-corrected chi connectivity index (χ1v) is 7.23. The molecule has 0 aliphatic heterocycles. The van der Waals surface area contributed by atoms with Crippen LogP contribution in [0.15, 0.2) is 36.5 Å². The van der Waals surface area contributed by atoms with Crippen molar-refractivity contribution in [2.45, 2.75) is 26.3 Å². The third-order valence-electron chi connectivity index (χ3n) is 3.41. The summed E-state index contributed by atoms with van der Waals surface area (Å²) < 4.78 is 5.01. The third kappa shape index (κ3) is 3.47. The molecule has 1 aromatic carbocycles. The maximum absolute atomic E-state index is 11.8. The molecular formula is C17H19N3O2. The highest BCUT2D eigenvalue weighted by atomic mass is 16.5. The van der Waals surface area contributed by atoms with Crippen LogP contribution in [0.25, 0.3) is 0 Å². The van der Waals surface area contributed by atoms with Gasteiger partial charge < -0.3 is 15.0 Å². The summed E-state index contributed by atoms with van der Waals surface area (Å²) in [7, 11) is 0. The topological polar surface area (TPSA) is 77.9 Å². The van der Waals surface area contributed by atoms with Gasteiger partial charge in [0.15, 0.2) is 0 Å². The number of nitriles is 1. The Morgan fingerprint density at radius 1 is 1.41 bits per heavy atom. The number of anilines is 1. The van der Waals surface area contributed by atoms with E-state index in [1.165, 1.54) is 0 Å². The Bertz CT molecular complexity index is 685. The van der Waals surface area contributed by atoms with Crippen LogP contribution in [-0.2, 0) is 11.3 Å². The normalized spacial score (nSPS) is 11.5. The summed E-state index contributed by atoms with van der Waals surface area (Å²) in [6.45, 7) is 4.51. The van der Waals surface area contributed by atoms with Crippen molar-refractivity contribution in [3.05, 3.63) is 53.3 Å². The molecule has 2 aromatic rings. The molecule has 2 rings (SSSR count). The highest BCUT2D eigenvalue weighted by molar-refractivity contribution is 5.93. The summed E-state index contributed by atoms with van der Waals surface area (Å²) >= 11 is 0. The summed E-state index contributed by atoms with van der Waals surface area (Å²) in [6, 6.07) is 11.8. The number of benzene rings is 1. The molecule has 0 spiro atoms. The summed E-state index contributed by atoms with van der Waals surface area (Å²) in [6.07, 6.45) is 1.69. The van der Waals surface area contributed by atoms with E-state index in [2.05, 4.69) is 16.4 Å². The fraction of sp³-hybridized carbons (Fsp3) is 0.294. The lowest BCUT2D eigenvalue weighted by atomic mass is 9.97. The standard InChI is InChI=1S/C17H19N3O2/c1-3-22-17(21)16-15(8-9-19-16)20-11-13-6-4-5-7-14(13)12(2)10-18/h4-9,12,19-20H,3,11H2,1-2H3. The van der Waals surface area contributed by atoms with Gasteiger partial charge in [-0.3, -0.25) is 0 Å². The van der Waals surface area contributed by atoms with Crippen LogP contribution < -0.4 is 5.32 Å². The molecule has 0 saturated carbocycles. The van der Waals surface area contributed by atoms with Gasteiger partial charge in [-0.2, -0.15) is 5.26 Å². The molecular weight excluding hydrogens is 278 g/mol. The van der Waals surface area contributed by atoms with E-state index in [4.69, 9.17) is 10.00 Å². The molecule has 1 atom stereocenters. The van der Waals surface area contributed by atoms with Crippen LogP contribution in [0.5, 0.6) is 0 Å². The number of carbonyl (C=O) groups excluding carboxylic acids is 1. The van der Waals surface area contributed by atoms with Gasteiger partial charge in [0.1, 0.15) is 5.69 Å². The molecule has 0 bridgehead atoms. The average Bonchev–Trinajstić information content (AvgIpc) is 3.01. The van der Waals surface area contributed by atoms with E-state index in [9.17, 15) is 4.79 Å². The molecule has 1 unspecified atom stereocenters. The van der Waals surface area contributed by atoms with E-state index < -0.39 is 0 Å². The number of aromatic nitrogens is 1. The summed E-state index contributed by atoms with van der Waals surface area (Å²) in [5, 5.41) is 12.3. The molecule has 22 heavy (non-hydrogen) atoms. The first-order chi connectivity index (χ1) is 10.7. The van der Waals surface area contributed by atoms with Crippen molar-refractivity contribution in [2.24, 2.45) is 0 Å². The van der Waals surface area contributed by atoms with Gasteiger partial charge in [-0.15, -0.1) is 0 Å². The number of ether oxygens (including phenoxy) is 1. The molecule has 0 radical (unpaired) electrons. The predicted molar refractivity (Wildman–Crippen MR) is 84.5 cm³/mol. The Hall–Kier alpha value is -2.74. The van der Waals surface area contributed by atoms with Crippen LogP contribution in [0.2, 0.25) is 0 Å². The Kier molecular flexibility index (Phi) is 5.21. The monoisotopic (exact) mass is 297 g/mol. The lowest BCUT2D eigenvalue weighted by Gasteiger charge is -2.13. The SMILES string of the molecule is CCOC(=O)c1[nH]ccc1NCc1ccccc1C(C)C#N. The van der Waals surface area contributed by atoms with Gasteiger partial charge >= 0.3 is 5.97 Å². The Labute approximate surface area is 129 Å². The van der Waals surface area contributed by atoms with Crippen molar-refractivity contribution in [3.63, 3.8) is 0 Å². The quantitative estimate of drug-likeness (QED) is 0.801. The Morgan fingerprint density at radius 2 is 2.18 bits per heavy atom. The van der Waals surface area contributed by atoms with Gasteiger partial charge in [0.25, 0.3) is 0 Å². The molecule has 114 valence electrons. The minimum absolute atomic E-state index is 0.172. The maximum atomic E-state index is 11.8. The Morgan fingerprint density at radius 3 is 2.91 bits per heavy atom. The van der Waals surface area contributed by atoms with Crippen LogP contribution in [0, 0.1) is 11.3 Å². The molecule has 1 aromatic heterocycles. The zero-order valence-electron chi connectivity index (χ0n) is 12.7. The summed E-state index contributed by atoms with van der Waals surface area (Å²) in [4.78, 5) is 14.7. The maximum Gasteiger partial charge on any atom is 0.356 e. The molecule has 0 aliphatic rings. The van der Waals surface area contributed by atoms with Gasteiger partial charge in [-0.05, 0) is 31.0 Å². The van der Waals surface area contributed by atoms with Crippen LogP contribution in [0.3, 0.4) is 0 Å². The number of hydrogen-bond acceptors (Lipinski definition) is 4. The van der Waals surface area contributed by atoms with Crippen LogP contribution in [0.4, 0.5) is 5.69 Å². The first-order valence-electron chi connectivity index (χ1n) is 7.23. The van der Waals surface area contributed by atoms with Crippen molar-refractivity contribution >= 4 is 11.7 Å². The third-order valence-corrected chi connectivity index (χ3v) is 3.41. The van der Waals surface area contributed by atoms with Crippen molar-refractivity contribution in [1.29, 1.82) is 5.26 Å². The van der Waals surface area contributed by atoms with Crippen molar-refractivity contribution in [1.82, 2.24) is 4.98 Å². The van der Waals surface area contributed by atoms with Gasteiger partial charge in [0, 0.05) is 12.7 Å². The second kappa shape index (κ2) is 7.32. The molecule has 0 amide bonds. The van der Waals surface area contributed by atoms with Gasteiger partial charge in [0.2, 0.25) is 0 Å². The molecule has 0 fully saturated rings. The zero-order valence-corrected chi connectivity index (χ0v) is 12.7. The number of H-pyrrole nitrogens is 1. The highest BCUT2D eigenvalue weighted by Crippen LogP contribution is 2.21. The number of rotatable bonds is 6. The lowest BCUT2D eigenvalue weighted by Crippen LogP contribution is -2.10. The molecule has 1 heterocycles. The van der Waals surface area contributed by atoms with Crippen LogP contribution in [-0.4, -0.2) is 17.6 Å². The number of nitrogens with zero attached hydrogens (tertiary/aromatic N) is 1. The number of nitrogens with one attached hydrogen (secondary N) is 2. The van der Waals surface area contributed by atoms with E-state index in [0.29, 0.717) is 24.5 Å². The smallest absolute Gasteiger partial charge is 0.356 e. The predicted octanol–water partition coefficient (Wildman–Crippen LogP) is 3.43. The van der Waals surface area contributed by atoms with Crippen LogP contribution >= 0.6 is 0 Å². The summed E-state index contributed by atoms with van der Waals surface area (Å²) in [5.41, 5.74) is 3.13. The fourth-order valence-electron chi connectivity index (χ4n) is 2.27. The van der Waals surface area contributed by atoms with E-state index in [1.54, 1.807) is 19.2 Å². The molecule has 0 aliphatic carbocycles. The zero-order chi connectivity index (χ0) is 15.9. The van der Waals surface area contributed by atoms with Crippen molar-refractivity contribution < 1.29 is 9.53 Å². The van der Waals surface area contributed by atoms with Gasteiger partial charge in [-0.1, -0.05) is 24.3 Å². The van der Waals surface area contributed by atoms with E-state index in [1.807, 2.05) is 31.2 Å². The minimum Gasteiger partial charge on any atom is -0.461 e. The first kappa shape index (κ1) is 15.6. The molecule has 5 nitrogen and oxygen atoms in total. The van der Waals surface area contributed by atoms with Gasteiger partial charge in [0.05, 0.1) is 24.3 Å². The Balaban J connectivity index is 2.14. The second-order valence-electron chi connectivity index (χ2n) is 4.89. The van der Waals surface area contributed by atoms with Gasteiger partial charge in [-0.25, -0.2) is 4.79 Å². The number of carbonyl (C=O) groups is 1. The van der Waals surface area contributed by atoms with Crippen molar-refractivity contribution in [2.75, 3.05) is 11.9 Å². The number of aromatic amines is 1. The summed E-state index contributed by atoms with van der Waals surface area (Å²) in [5.74, 6) is -0.553. The fourth-order valence-corrected chi connectivity index (χ4v) is 2.27. The minimum atomic E-state index is -0.381. The van der Waals surface area contributed by atoms with Crippen LogP contribution in [0.1, 0.15) is 41.4 Å². The average molecular weight is 297 g/mol. The number of hydrogen-bond donors (Lipinski definition) is 2. The largest absolute Gasteiger partial charge is 0.461 e. The lowest BCUT2D eigenvalue weighted by molar-refractivity contribution is 0.0521. The van der Waals surface area contributed by atoms with E-state index >= 15 is 0 Å². The highest BCUT2D eigenvalue weighted by Gasteiger charge is 2.14. The number of esters is 1. The van der Waals surface area contributed by atoms with E-state index in [0.717, 1.165) is 11.1 Å².